The fourth-order valence-electron chi connectivity index (χ4n) is 0.824. The van der Waals surface area contributed by atoms with Crippen LogP contribution in [0, 0.1) is 0 Å². The van der Waals surface area contributed by atoms with Crippen molar-refractivity contribution in [1.82, 2.24) is 0 Å². The lowest BCUT2D eigenvalue weighted by Gasteiger charge is -2.12. The van der Waals surface area contributed by atoms with Gasteiger partial charge in [-0.2, -0.15) is 20.8 Å². The Morgan fingerprint density at radius 3 is 2.33 bits per heavy atom. The van der Waals surface area contributed by atoms with Crippen LogP contribution in [-0.4, -0.2) is 26.8 Å². The highest BCUT2D eigenvalue weighted by Crippen LogP contribution is 2.31. The number of alkyl halides is 2. The molecule has 1 aromatic carbocycles. The first-order valence-corrected chi connectivity index (χ1v) is 6.58. The number of carbonyl (C=O) groups excluding carboxylic acids is 1. The molecule has 1 aromatic rings. The zero-order chi connectivity index (χ0) is 13.8. The van der Waals surface area contributed by atoms with Gasteiger partial charge in [0.2, 0.25) is 0 Å². The van der Waals surface area contributed by atoms with Crippen LogP contribution in [0.2, 0.25) is 0 Å². The molecule has 0 spiro atoms. The zero-order valence-electron chi connectivity index (χ0n) is 9.00. The average molecular weight is 298 g/mol. The van der Waals surface area contributed by atoms with Crippen LogP contribution in [0.15, 0.2) is 35.2 Å². The predicted molar refractivity (Wildman–Crippen MR) is 59.3 cm³/mol. The third kappa shape index (κ3) is 3.18. The normalized spacial score (nSPS) is 12.2. The van der Waals surface area contributed by atoms with E-state index in [1.54, 1.807) is 18.2 Å². The maximum absolute atomic E-state index is 13.1. The lowest BCUT2D eigenvalue weighted by atomic mass is 10.4. The Morgan fingerprint density at radius 1 is 1.28 bits per heavy atom. The lowest BCUT2D eigenvalue weighted by Crippen LogP contribution is -2.39. The molecule has 0 fully saturated rings. The van der Waals surface area contributed by atoms with Gasteiger partial charge in [-0.25, -0.2) is 4.79 Å². The van der Waals surface area contributed by atoms with E-state index in [0.29, 0.717) is 12.0 Å². The van der Waals surface area contributed by atoms with Crippen molar-refractivity contribution in [2.45, 2.75) is 10.2 Å². The van der Waals surface area contributed by atoms with E-state index in [2.05, 4.69) is 8.37 Å². The smallest absolute Gasteiger partial charge is 0.464 e. The predicted octanol–water partition coefficient (Wildman–Crippen LogP) is 1.81. The highest BCUT2D eigenvalue weighted by molar-refractivity contribution is 8.05. The molecule has 0 aromatic heterocycles. The summed E-state index contributed by atoms with van der Waals surface area (Å²) in [7, 11) is -4.77. The van der Waals surface area contributed by atoms with E-state index >= 15 is 0 Å². The molecule has 18 heavy (non-hydrogen) atoms. The Morgan fingerprint density at radius 2 is 1.83 bits per heavy atom. The van der Waals surface area contributed by atoms with Gasteiger partial charge in [0.25, 0.3) is 0 Å². The second-order valence-corrected chi connectivity index (χ2v) is 5.53. The van der Waals surface area contributed by atoms with Gasteiger partial charge in [-0.05, 0) is 12.1 Å². The van der Waals surface area contributed by atoms with Crippen LogP contribution in [0.5, 0.6) is 0 Å². The SMILES string of the molecule is COC(=O)C(F)(F)S(=O)(=O)OSc1ccccc1. The van der Waals surface area contributed by atoms with Crippen molar-refractivity contribution in [1.29, 1.82) is 0 Å². The molecule has 0 aliphatic carbocycles. The minimum Gasteiger partial charge on any atom is -0.464 e. The topological polar surface area (TPSA) is 69.7 Å². The number of hydrogen-bond acceptors (Lipinski definition) is 6. The number of methoxy groups -OCH3 is 1. The largest absolute Gasteiger partial charge is 0.466 e. The minimum atomic E-state index is -5.41. The molecule has 0 N–H and O–H groups in total. The van der Waals surface area contributed by atoms with Crippen molar-refractivity contribution in [3.8, 4) is 0 Å². The molecule has 0 amide bonds. The Bertz CT molecular complexity index is 515. The van der Waals surface area contributed by atoms with Crippen LogP contribution >= 0.6 is 12.0 Å². The van der Waals surface area contributed by atoms with Gasteiger partial charge in [-0.1, -0.05) is 18.2 Å². The Labute approximate surface area is 106 Å². The number of halogens is 2. The molecule has 0 saturated carbocycles. The second kappa shape index (κ2) is 5.63. The van der Waals surface area contributed by atoms with Crippen molar-refractivity contribution in [3.05, 3.63) is 30.3 Å². The molecule has 0 radical (unpaired) electrons. The molecule has 5 nitrogen and oxygen atoms in total. The van der Waals surface area contributed by atoms with Gasteiger partial charge in [-0.15, -0.1) is 0 Å². The van der Waals surface area contributed by atoms with Crippen molar-refractivity contribution in [2.24, 2.45) is 0 Å². The molecular formula is C9H8F2O5S2. The van der Waals surface area contributed by atoms with Crippen molar-refractivity contribution in [3.63, 3.8) is 0 Å². The number of rotatable bonds is 5. The van der Waals surface area contributed by atoms with Crippen LogP contribution in [0.1, 0.15) is 0 Å². The Hall–Kier alpha value is -1.19. The molecule has 0 bridgehead atoms. The van der Waals surface area contributed by atoms with E-state index in [1.165, 1.54) is 12.1 Å². The molecule has 0 saturated heterocycles. The van der Waals surface area contributed by atoms with Crippen LogP contribution < -0.4 is 0 Å². The number of carbonyl (C=O) groups is 1. The van der Waals surface area contributed by atoms with E-state index in [9.17, 15) is 22.0 Å². The molecule has 1 rings (SSSR count). The van der Waals surface area contributed by atoms with Crippen LogP contribution in [0.4, 0.5) is 8.78 Å². The molecule has 0 aliphatic rings. The van der Waals surface area contributed by atoms with E-state index < -0.39 is 21.3 Å². The lowest BCUT2D eigenvalue weighted by molar-refractivity contribution is -0.158. The third-order valence-corrected chi connectivity index (χ3v) is 3.95. The standard InChI is InChI=1S/C9H8F2O5S2/c1-15-8(12)9(10,11)18(13,14)16-17-7-5-3-2-4-6-7/h2-6H,1H3. The first kappa shape index (κ1) is 14.9. The highest BCUT2D eigenvalue weighted by atomic mass is 32.3. The summed E-state index contributed by atoms with van der Waals surface area (Å²) >= 11 is 0.206. The summed E-state index contributed by atoms with van der Waals surface area (Å²) in [5, 5.41) is -4.75. The molecule has 0 unspecified atom stereocenters. The summed E-state index contributed by atoms with van der Waals surface area (Å²) in [4.78, 5) is 10.9. The summed E-state index contributed by atoms with van der Waals surface area (Å²) in [6, 6.07) is 7.70. The first-order chi connectivity index (χ1) is 8.31. The summed E-state index contributed by atoms with van der Waals surface area (Å²) in [6.07, 6.45) is 0. The zero-order valence-corrected chi connectivity index (χ0v) is 10.6. The summed E-state index contributed by atoms with van der Waals surface area (Å²) < 4.78 is 56.2. The molecule has 9 heteroatoms. The summed E-state index contributed by atoms with van der Waals surface area (Å²) in [6.45, 7) is 0. The van der Waals surface area contributed by atoms with Crippen molar-refractivity contribution >= 4 is 28.1 Å². The number of hydrogen-bond donors (Lipinski definition) is 0. The maximum atomic E-state index is 13.1. The van der Waals surface area contributed by atoms with Crippen LogP contribution in [-0.2, 0) is 23.3 Å². The van der Waals surface area contributed by atoms with Gasteiger partial charge in [0.1, 0.15) is 0 Å². The van der Waals surface area contributed by atoms with Gasteiger partial charge in [0, 0.05) is 16.9 Å². The average Bonchev–Trinajstić information content (AvgIpc) is 2.36. The van der Waals surface area contributed by atoms with Gasteiger partial charge in [0.15, 0.2) is 0 Å². The van der Waals surface area contributed by atoms with Gasteiger partial charge < -0.3 is 4.74 Å². The second-order valence-electron chi connectivity index (χ2n) is 2.93. The highest BCUT2D eigenvalue weighted by Gasteiger charge is 2.56. The Balaban J connectivity index is 2.80. The summed E-state index contributed by atoms with van der Waals surface area (Å²) in [5.41, 5.74) is 0. The first-order valence-electron chi connectivity index (χ1n) is 4.43. The molecule has 0 heterocycles. The fourth-order valence-corrected chi connectivity index (χ4v) is 2.39. The van der Waals surface area contributed by atoms with Crippen molar-refractivity contribution in [2.75, 3.05) is 7.11 Å². The van der Waals surface area contributed by atoms with Crippen LogP contribution in [0.25, 0.3) is 0 Å². The van der Waals surface area contributed by atoms with E-state index in [-0.39, 0.29) is 12.0 Å². The monoisotopic (exact) mass is 298 g/mol. The van der Waals surface area contributed by atoms with E-state index in [1.807, 2.05) is 0 Å². The van der Waals surface area contributed by atoms with E-state index in [4.69, 9.17) is 0 Å². The van der Waals surface area contributed by atoms with E-state index in [0.717, 1.165) is 0 Å². The van der Waals surface area contributed by atoms with Crippen LogP contribution in [0.3, 0.4) is 0 Å². The molecule has 100 valence electrons. The maximum Gasteiger partial charge on any atom is 0.466 e. The van der Waals surface area contributed by atoms with Gasteiger partial charge in [-0.3, -0.25) is 0 Å². The van der Waals surface area contributed by atoms with Gasteiger partial charge in [0.05, 0.1) is 7.11 Å². The Kier molecular flexibility index (Phi) is 4.65. The minimum absolute atomic E-state index is 0.206. The third-order valence-electron chi connectivity index (χ3n) is 1.70. The quantitative estimate of drug-likeness (QED) is 0.610. The number of ether oxygens (including phenoxy) is 1. The number of esters is 1. The molecule has 0 aliphatic heterocycles. The molecule has 0 atom stereocenters. The molecular weight excluding hydrogens is 290 g/mol. The summed E-state index contributed by atoms with van der Waals surface area (Å²) in [5.74, 6) is -2.20. The van der Waals surface area contributed by atoms with Crippen molar-refractivity contribution < 1.29 is 30.4 Å². The fraction of sp³-hybridized carbons (Fsp3) is 0.222. The number of benzene rings is 1. The van der Waals surface area contributed by atoms with Gasteiger partial charge >= 0.3 is 21.3 Å².